The number of nitrogens with zero attached hydrogens (tertiary/aromatic N) is 2. The first-order valence-electron chi connectivity index (χ1n) is 9.51. The van der Waals surface area contributed by atoms with Gasteiger partial charge in [-0.15, -0.1) is 11.8 Å². The number of hydrogen-bond acceptors (Lipinski definition) is 5. The van der Waals surface area contributed by atoms with E-state index in [0.29, 0.717) is 44.2 Å². The zero-order valence-corrected chi connectivity index (χ0v) is 16.6. The van der Waals surface area contributed by atoms with Crippen LogP contribution in [0.1, 0.15) is 19.3 Å². The quantitative estimate of drug-likeness (QED) is 0.697. The minimum Gasteiger partial charge on any atom is -0.370 e. The highest BCUT2D eigenvalue weighted by Crippen LogP contribution is 2.27. The van der Waals surface area contributed by atoms with E-state index in [2.05, 4.69) is 5.32 Å². The van der Waals surface area contributed by atoms with Crippen molar-refractivity contribution in [1.29, 1.82) is 0 Å². The molecule has 0 bridgehead atoms. The van der Waals surface area contributed by atoms with Gasteiger partial charge in [0.05, 0.1) is 5.69 Å². The molecule has 2 saturated heterocycles. The van der Waals surface area contributed by atoms with Gasteiger partial charge in [0, 0.05) is 49.9 Å². The van der Waals surface area contributed by atoms with Crippen LogP contribution in [0.25, 0.3) is 0 Å². The van der Waals surface area contributed by atoms with Crippen LogP contribution in [0.15, 0.2) is 29.2 Å². The second-order valence-electron chi connectivity index (χ2n) is 6.81. The summed E-state index contributed by atoms with van der Waals surface area (Å²) in [7, 11) is 0. The molecule has 0 saturated carbocycles. The molecule has 2 fully saturated rings. The predicted molar refractivity (Wildman–Crippen MR) is 107 cm³/mol. The molecule has 28 heavy (non-hydrogen) atoms. The van der Waals surface area contributed by atoms with Crippen LogP contribution < -0.4 is 11.1 Å². The van der Waals surface area contributed by atoms with Crippen molar-refractivity contribution in [2.24, 2.45) is 5.73 Å². The summed E-state index contributed by atoms with van der Waals surface area (Å²) in [5, 5.41) is 2.94. The molecule has 2 aliphatic rings. The van der Waals surface area contributed by atoms with Crippen LogP contribution in [-0.4, -0.2) is 72.3 Å². The number of carbonyl (C=O) groups is 3. The van der Waals surface area contributed by atoms with E-state index in [1.165, 1.54) is 11.8 Å². The van der Waals surface area contributed by atoms with Crippen molar-refractivity contribution in [2.45, 2.75) is 30.3 Å². The lowest BCUT2D eigenvalue weighted by Gasteiger charge is -2.35. The number of carbonyl (C=O) groups excluding carboxylic acids is 3. The van der Waals surface area contributed by atoms with Gasteiger partial charge >= 0.3 is 6.03 Å². The zero-order chi connectivity index (χ0) is 19.9. The molecule has 8 nitrogen and oxygen atoms in total. The molecule has 3 rings (SSSR count). The van der Waals surface area contributed by atoms with E-state index < -0.39 is 0 Å². The molecule has 1 atom stereocenters. The maximum absolute atomic E-state index is 12.6. The summed E-state index contributed by atoms with van der Waals surface area (Å²) in [6.45, 7) is 2.65. The number of nitrogens with two attached hydrogens (primary N) is 1. The largest absolute Gasteiger partial charge is 0.370 e. The number of primary amides is 1. The molecule has 9 heteroatoms. The average Bonchev–Trinajstić information content (AvgIpc) is 3.23. The van der Waals surface area contributed by atoms with Crippen molar-refractivity contribution < 1.29 is 19.1 Å². The van der Waals surface area contributed by atoms with Crippen LogP contribution in [0, 0.1) is 0 Å². The third-order valence-corrected chi connectivity index (χ3v) is 5.89. The highest BCUT2D eigenvalue weighted by Gasteiger charge is 2.31. The second kappa shape index (κ2) is 9.79. The zero-order valence-electron chi connectivity index (χ0n) is 15.8. The van der Waals surface area contributed by atoms with E-state index in [-0.39, 0.29) is 30.4 Å². The number of ether oxygens (including phenoxy) is 1. The van der Waals surface area contributed by atoms with Gasteiger partial charge in [-0.1, -0.05) is 12.1 Å². The highest BCUT2D eigenvalue weighted by molar-refractivity contribution is 7.99. The predicted octanol–water partition coefficient (Wildman–Crippen LogP) is 1.51. The summed E-state index contributed by atoms with van der Waals surface area (Å²) >= 11 is 1.48. The molecular weight excluding hydrogens is 380 g/mol. The summed E-state index contributed by atoms with van der Waals surface area (Å²) in [4.78, 5) is 40.3. The Labute approximate surface area is 168 Å². The molecular formula is C19H26N4O4S. The molecule has 0 aromatic heterocycles. The van der Waals surface area contributed by atoms with Gasteiger partial charge in [-0.2, -0.15) is 0 Å². The first-order chi connectivity index (χ1) is 13.5. The molecule has 0 aliphatic carbocycles. The summed E-state index contributed by atoms with van der Waals surface area (Å²) in [5.41, 5.74) is 5.89. The van der Waals surface area contributed by atoms with Gasteiger partial charge in [-0.05, 0) is 25.0 Å². The Hall–Kier alpha value is -2.26. The summed E-state index contributed by atoms with van der Waals surface area (Å²) in [6, 6.07) is 7.29. The maximum Gasteiger partial charge on any atom is 0.321 e. The summed E-state index contributed by atoms with van der Waals surface area (Å²) in [6.07, 6.45) is 1.68. The second-order valence-corrected chi connectivity index (χ2v) is 7.94. The van der Waals surface area contributed by atoms with Crippen molar-refractivity contribution in [3.63, 3.8) is 0 Å². The number of nitrogens with one attached hydrogen (secondary N) is 1. The van der Waals surface area contributed by atoms with Crippen molar-refractivity contribution in [1.82, 2.24) is 9.80 Å². The lowest BCUT2D eigenvalue weighted by atomic mass is 10.2. The third kappa shape index (κ3) is 5.39. The van der Waals surface area contributed by atoms with Gasteiger partial charge in [0.25, 0.3) is 5.91 Å². The molecule has 152 valence electrons. The molecule has 1 aromatic rings. The fourth-order valence-corrected chi connectivity index (χ4v) is 4.23. The van der Waals surface area contributed by atoms with Gasteiger partial charge in [-0.25, -0.2) is 4.79 Å². The SMILES string of the molecule is NC(=O)CCSc1ccccc1NC(=O)N1CCN(C(=O)C2CCCO2)CC1. The van der Waals surface area contributed by atoms with E-state index in [9.17, 15) is 14.4 Å². The van der Waals surface area contributed by atoms with Crippen LogP contribution in [0.5, 0.6) is 0 Å². The van der Waals surface area contributed by atoms with Crippen LogP contribution in [0.4, 0.5) is 10.5 Å². The van der Waals surface area contributed by atoms with Crippen molar-refractivity contribution in [3.8, 4) is 0 Å². The van der Waals surface area contributed by atoms with Gasteiger partial charge in [0.2, 0.25) is 5.91 Å². The number of piperazine rings is 1. The standard InChI is InChI=1S/C19H26N4O4S/c20-17(24)7-13-28-16-6-2-1-4-14(16)21-19(26)23-10-8-22(9-11-23)18(25)15-5-3-12-27-15/h1-2,4,6,15H,3,5,7-13H2,(H2,20,24)(H,21,26). The Morgan fingerprint density at radius 1 is 1.14 bits per heavy atom. The minimum absolute atomic E-state index is 0.0359. The van der Waals surface area contributed by atoms with Gasteiger partial charge < -0.3 is 25.6 Å². The number of urea groups is 1. The van der Waals surface area contributed by atoms with E-state index in [0.717, 1.165) is 17.7 Å². The number of para-hydroxylation sites is 1. The molecule has 0 radical (unpaired) electrons. The lowest BCUT2D eigenvalue weighted by molar-refractivity contribution is -0.142. The molecule has 3 N–H and O–H groups in total. The Bertz CT molecular complexity index is 716. The third-order valence-electron chi connectivity index (χ3n) is 4.82. The lowest BCUT2D eigenvalue weighted by Crippen LogP contribution is -2.53. The van der Waals surface area contributed by atoms with E-state index in [1.54, 1.807) is 9.80 Å². The molecule has 0 spiro atoms. The van der Waals surface area contributed by atoms with Crippen molar-refractivity contribution >= 4 is 35.3 Å². The molecule has 2 heterocycles. The average molecular weight is 407 g/mol. The van der Waals surface area contributed by atoms with Crippen LogP contribution in [0.3, 0.4) is 0 Å². The molecule has 2 aliphatic heterocycles. The number of thioether (sulfide) groups is 1. The Morgan fingerprint density at radius 2 is 1.86 bits per heavy atom. The number of benzene rings is 1. The van der Waals surface area contributed by atoms with Crippen molar-refractivity contribution in [3.05, 3.63) is 24.3 Å². The van der Waals surface area contributed by atoms with Gasteiger partial charge in [0.1, 0.15) is 6.10 Å². The number of anilines is 1. The Morgan fingerprint density at radius 3 is 2.54 bits per heavy atom. The van der Waals surface area contributed by atoms with Crippen LogP contribution >= 0.6 is 11.8 Å². The molecule has 1 unspecified atom stereocenters. The fraction of sp³-hybridized carbons (Fsp3) is 0.526. The van der Waals surface area contributed by atoms with Gasteiger partial charge in [0.15, 0.2) is 0 Å². The number of hydrogen-bond donors (Lipinski definition) is 2. The first-order valence-corrected chi connectivity index (χ1v) is 10.5. The minimum atomic E-state index is -0.343. The summed E-state index contributed by atoms with van der Waals surface area (Å²) in [5.74, 6) is 0.255. The number of amides is 4. The van der Waals surface area contributed by atoms with E-state index >= 15 is 0 Å². The van der Waals surface area contributed by atoms with Gasteiger partial charge in [-0.3, -0.25) is 9.59 Å². The summed E-state index contributed by atoms with van der Waals surface area (Å²) < 4.78 is 5.47. The molecule has 4 amide bonds. The smallest absolute Gasteiger partial charge is 0.321 e. The fourth-order valence-electron chi connectivity index (χ4n) is 3.26. The topological polar surface area (TPSA) is 105 Å². The highest BCUT2D eigenvalue weighted by atomic mass is 32.2. The van der Waals surface area contributed by atoms with E-state index in [1.807, 2.05) is 24.3 Å². The Kier molecular flexibility index (Phi) is 7.16. The maximum atomic E-state index is 12.6. The molecule has 1 aromatic carbocycles. The normalized spacial score (nSPS) is 19.5. The van der Waals surface area contributed by atoms with Crippen LogP contribution in [0.2, 0.25) is 0 Å². The first kappa shape index (κ1) is 20.5. The monoisotopic (exact) mass is 406 g/mol. The van der Waals surface area contributed by atoms with Crippen molar-refractivity contribution in [2.75, 3.05) is 43.9 Å². The number of rotatable bonds is 6. The van der Waals surface area contributed by atoms with E-state index in [4.69, 9.17) is 10.5 Å². The van der Waals surface area contributed by atoms with Crippen LogP contribution in [-0.2, 0) is 14.3 Å². The Balaban J connectivity index is 1.50.